The highest BCUT2D eigenvalue weighted by molar-refractivity contribution is 5.63. The summed E-state index contributed by atoms with van der Waals surface area (Å²) in [4.78, 5) is 0. The van der Waals surface area contributed by atoms with E-state index in [1.165, 1.54) is 11.1 Å². The van der Waals surface area contributed by atoms with Gasteiger partial charge in [-0.1, -0.05) is 43.3 Å². The Morgan fingerprint density at radius 1 is 1.26 bits per heavy atom. The van der Waals surface area contributed by atoms with Crippen LogP contribution in [0.1, 0.15) is 38.8 Å². The first-order valence-electron chi connectivity index (χ1n) is 6.99. The van der Waals surface area contributed by atoms with Crippen LogP contribution >= 0.6 is 0 Å². The van der Waals surface area contributed by atoms with E-state index in [-0.39, 0.29) is 0 Å². The van der Waals surface area contributed by atoms with E-state index >= 15 is 0 Å². The lowest BCUT2D eigenvalue weighted by molar-refractivity contribution is 0.579. The molecule has 0 radical (unpaired) electrons. The van der Waals surface area contributed by atoms with Gasteiger partial charge in [-0.15, -0.1) is 5.10 Å². The standard InChI is InChI=1S/C15H22N4/c1-4-10-19-15(11-17-18-19)14-9-7-6-8-13(14)12(3)16-5-2/h6-9,11-12,16H,4-5,10H2,1-3H3. The summed E-state index contributed by atoms with van der Waals surface area (Å²) in [6, 6.07) is 8.80. The second kappa shape index (κ2) is 6.48. The molecule has 0 aliphatic heterocycles. The van der Waals surface area contributed by atoms with Crippen LogP contribution in [-0.2, 0) is 6.54 Å². The molecule has 0 bridgehead atoms. The van der Waals surface area contributed by atoms with E-state index in [2.05, 4.69) is 60.7 Å². The van der Waals surface area contributed by atoms with Crippen molar-refractivity contribution in [1.82, 2.24) is 20.3 Å². The Morgan fingerprint density at radius 2 is 2.05 bits per heavy atom. The summed E-state index contributed by atoms with van der Waals surface area (Å²) in [5.74, 6) is 0. The highest BCUT2D eigenvalue weighted by atomic mass is 15.4. The van der Waals surface area contributed by atoms with Crippen molar-refractivity contribution < 1.29 is 0 Å². The van der Waals surface area contributed by atoms with Gasteiger partial charge >= 0.3 is 0 Å². The first-order valence-corrected chi connectivity index (χ1v) is 6.99. The van der Waals surface area contributed by atoms with Gasteiger partial charge in [-0.2, -0.15) is 0 Å². The largest absolute Gasteiger partial charge is 0.310 e. The van der Waals surface area contributed by atoms with E-state index in [1.54, 1.807) is 0 Å². The second-order valence-electron chi connectivity index (χ2n) is 4.71. The zero-order valence-corrected chi connectivity index (χ0v) is 11.9. The fourth-order valence-electron chi connectivity index (χ4n) is 2.37. The molecule has 0 aliphatic carbocycles. The molecule has 1 N–H and O–H groups in total. The van der Waals surface area contributed by atoms with Crippen LogP contribution < -0.4 is 5.32 Å². The normalized spacial score (nSPS) is 12.6. The third kappa shape index (κ3) is 3.01. The topological polar surface area (TPSA) is 42.7 Å². The van der Waals surface area contributed by atoms with Crippen LogP contribution in [-0.4, -0.2) is 21.5 Å². The molecule has 102 valence electrons. The Hall–Kier alpha value is -1.68. The Kier molecular flexibility index (Phi) is 4.68. The molecule has 4 nitrogen and oxygen atoms in total. The van der Waals surface area contributed by atoms with Gasteiger partial charge in [0, 0.05) is 18.2 Å². The molecule has 0 aliphatic rings. The molecule has 0 saturated carbocycles. The number of nitrogens with zero attached hydrogens (tertiary/aromatic N) is 3. The van der Waals surface area contributed by atoms with Crippen LogP contribution in [0.2, 0.25) is 0 Å². The minimum Gasteiger partial charge on any atom is -0.310 e. The summed E-state index contributed by atoms with van der Waals surface area (Å²) in [5, 5.41) is 11.7. The van der Waals surface area contributed by atoms with Crippen molar-refractivity contribution in [2.75, 3.05) is 6.54 Å². The number of aryl methyl sites for hydroxylation is 1. The molecule has 0 spiro atoms. The van der Waals surface area contributed by atoms with Crippen molar-refractivity contribution in [3.8, 4) is 11.3 Å². The van der Waals surface area contributed by atoms with Crippen LogP contribution in [0.25, 0.3) is 11.3 Å². The van der Waals surface area contributed by atoms with Crippen LogP contribution in [0, 0.1) is 0 Å². The van der Waals surface area contributed by atoms with E-state index in [9.17, 15) is 0 Å². The number of hydrogen-bond acceptors (Lipinski definition) is 3. The van der Waals surface area contributed by atoms with E-state index in [4.69, 9.17) is 0 Å². The highest BCUT2D eigenvalue weighted by Crippen LogP contribution is 2.27. The maximum atomic E-state index is 4.17. The van der Waals surface area contributed by atoms with Crippen molar-refractivity contribution in [3.63, 3.8) is 0 Å². The minimum atomic E-state index is 0.325. The molecule has 2 aromatic rings. The Labute approximate surface area is 114 Å². The smallest absolute Gasteiger partial charge is 0.0888 e. The van der Waals surface area contributed by atoms with Gasteiger partial charge in [-0.3, -0.25) is 0 Å². The summed E-state index contributed by atoms with van der Waals surface area (Å²) < 4.78 is 1.98. The van der Waals surface area contributed by atoms with E-state index in [1.807, 2.05) is 10.9 Å². The van der Waals surface area contributed by atoms with Crippen LogP contribution in [0.4, 0.5) is 0 Å². The molecule has 0 amide bonds. The van der Waals surface area contributed by atoms with Gasteiger partial charge in [0.15, 0.2) is 0 Å². The van der Waals surface area contributed by atoms with Crippen molar-refractivity contribution in [2.24, 2.45) is 0 Å². The Bertz CT molecular complexity index is 518. The number of rotatable bonds is 6. The zero-order chi connectivity index (χ0) is 13.7. The summed E-state index contributed by atoms with van der Waals surface area (Å²) in [6.45, 7) is 8.33. The minimum absolute atomic E-state index is 0.325. The van der Waals surface area contributed by atoms with Gasteiger partial charge in [0.2, 0.25) is 0 Å². The molecule has 0 fully saturated rings. The predicted octanol–water partition coefficient (Wildman–Crippen LogP) is 3.03. The number of nitrogens with one attached hydrogen (secondary N) is 1. The lowest BCUT2D eigenvalue weighted by Crippen LogP contribution is -2.18. The molecule has 1 atom stereocenters. The number of benzene rings is 1. The SMILES string of the molecule is CCCn1nncc1-c1ccccc1C(C)NCC. The van der Waals surface area contributed by atoms with Gasteiger partial charge < -0.3 is 5.32 Å². The molecule has 1 aromatic carbocycles. The quantitative estimate of drug-likeness (QED) is 0.866. The Morgan fingerprint density at radius 3 is 2.79 bits per heavy atom. The van der Waals surface area contributed by atoms with Gasteiger partial charge in [-0.25, -0.2) is 4.68 Å². The molecular formula is C15H22N4. The zero-order valence-electron chi connectivity index (χ0n) is 11.9. The molecule has 1 unspecified atom stereocenters. The first kappa shape index (κ1) is 13.7. The average molecular weight is 258 g/mol. The molecular weight excluding hydrogens is 236 g/mol. The molecule has 19 heavy (non-hydrogen) atoms. The number of aromatic nitrogens is 3. The fourth-order valence-corrected chi connectivity index (χ4v) is 2.37. The first-order chi connectivity index (χ1) is 9.27. The lowest BCUT2D eigenvalue weighted by Gasteiger charge is -2.17. The van der Waals surface area contributed by atoms with Gasteiger partial charge in [0.1, 0.15) is 0 Å². The summed E-state index contributed by atoms with van der Waals surface area (Å²) in [6.07, 6.45) is 2.91. The Balaban J connectivity index is 2.41. The van der Waals surface area contributed by atoms with Gasteiger partial charge in [0.25, 0.3) is 0 Å². The summed E-state index contributed by atoms with van der Waals surface area (Å²) >= 11 is 0. The molecule has 1 aromatic heterocycles. The maximum Gasteiger partial charge on any atom is 0.0888 e. The number of hydrogen-bond donors (Lipinski definition) is 1. The molecule has 0 saturated heterocycles. The van der Waals surface area contributed by atoms with Crippen LogP contribution in [0.15, 0.2) is 30.5 Å². The van der Waals surface area contributed by atoms with E-state index in [0.717, 1.165) is 25.2 Å². The van der Waals surface area contributed by atoms with E-state index in [0.29, 0.717) is 6.04 Å². The third-order valence-corrected chi connectivity index (χ3v) is 3.27. The van der Waals surface area contributed by atoms with Crippen molar-refractivity contribution in [3.05, 3.63) is 36.0 Å². The predicted molar refractivity (Wildman–Crippen MR) is 77.8 cm³/mol. The van der Waals surface area contributed by atoms with Crippen molar-refractivity contribution in [2.45, 2.75) is 39.8 Å². The molecule has 4 heteroatoms. The van der Waals surface area contributed by atoms with Crippen molar-refractivity contribution in [1.29, 1.82) is 0 Å². The monoisotopic (exact) mass is 258 g/mol. The average Bonchev–Trinajstić information content (AvgIpc) is 2.87. The van der Waals surface area contributed by atoms with Crippen molar-refractivity contribution >= 4 is 0 Å². The van der Waals surface area contributed by atoms with Crippen LogP contribution in [0.3, 0.4) is 0 Å². The molecule has 1 heterocycles. The van der Waals surface area contributed by atoms with Crippen LogP contribution in [0.5, 0.6) is 0 Å². The lowest BCUT2D eigenvalue weighted by atomic mass is 9.99. The summed E-state index contributed by atoms with van der Waals surface area (Å²) in [5.41, 5.74) is 3.61. The highest BCUT2D eigenvalue weighted by Gasteiger charge is 2.14. The maximum absolute atomic E-state index is 4.17. The van der Waals surface area contributed by atoms with Gasteiger partial charge in [-0.05, 0) is 25.5 Å². The fraction of sp³-hybridized carbons (Fsp3) is 0.467. The van der Waals surface area contributed by atoms with E-state index < -0.39 is 0 Å². The van der Waals surface area contributed by atoms with Gasteiger partial charge in [0.05, 0.1) is 11.9 Å². The second-order valence-corrected chi connectivity index (χ2v) is 4.71. The third-order valence-electron chi connectivity index (χ3n) is 3.27. The molecule has 2 rings (SSSR count). The summed E-state index contributed by atoms with van der Waals surface area (Å²) in [7, 11) is 0.